The van der Waals surface area contributed by atoms with Gasteiger partial charge < -0.3 is 19.3 Å². The Morgan fingerprint density at radius 1 is 0.882 bits per heavy atom. The summed E-state index contributed by atoms with van der Waals surface area (Å²) in [6.45, 7) is 3.15. The van der Waals surface area contributed by atoms with E-state index in [-0.39, 0.29) is 10.8 Å². The van der Waals surface area contributed by atoms with Crippen LogP contribution in [-0.4, -0.2) is 23.3 Å². The van der Waals surface area contributed by atoms with Gasteiger partial charge in [-0.15, -0.1) is 0 Å². The van der Waals surface area contributed by atoms with Crippen LogP contribution in [0.3, 0.4) is 0 Å². The second-order valence-corrected chi connectivity index (χ2v) is 8.69. The van der Waals surface area contributed by atoms with E-state index in [1.165, 1.54) is 0 Å². The molecule has 34 heavy (non-hydrogen) atoms. The fraction of sp³-hybridized carbons (Fsp3) is 0.222. The van der Waals surface area contributed by atoms with Crippen LogP contribution in [0.4, 0.5) is 0 Å². The largest absolute Gasteiger partial charge is 0.493 e. The van der Waals surface area contributed by atoms with Crippen molar-refractivity contribution >= 4 is 11.3 Å². The fourth-order valence-electron chi connectivity index (χ4n) is 3.52. The predicted molar refractivity (Wildman–Crippen MR) is 135 cm³/mol. The minimum Gasteiger partial charge on any atom is -0.493 e. The number of rotatable bonds is 11. The number of aromatic hydroxyl groups is 1. The molecule has 0 unspecified atom stereocenters. The molecule has 0 bridgehead atoms. The van der Waals surface area contributed by atoms with E-state index in [0.717, 1.165) is 52.6 Å². The second kappa shape index (κ2) is 11.4. The van der Waals surface area contributed by atoms with Gasteiger partial charge in [-0.05, 0) is 54.4 Å². The molecule has 3 aromatic carbocycles. The maximum absolute atomic E-state index is 11.4. The van der Waals surface area contributed by atoms with Crippen LogP contribution in [0.1, 0.15) is 25.3 Å². The van der Waals surface area contributed by atoms with Crippen molar-refractivity contribution < 1.29 is 19.3 Å². The van der Waals surface area contributed by atoms with Gasteiger partial charge >= 0.3 is 4.87 Å². The summed E-state index contributed by atoms with van der Waals surface area (Å²) in [6, 6.07) is 23.0. The highest BCUT2D eigenvalue weighted by Crippen LogP contribution is 2.32. The minimum atomic E-state index is -0.293. The molecule has 176 valence electrons. The third-order valence-corrected chi connectivity index (χ3v) is 5.99. The zero-order chi connectivity index (χ0) is 23.8. The summed E-state index contributed by atoms with van der Waals surface area (Å²) in [6.07, 6.45) is 2.62. The lowest BCUT2D eigenvalue weighted by Gasteiger charge is -2.14. The number of benzene rings is 3. The molecule has 0 amide bonds. The van der Waals surface area contributed by atoms with Gasteiger partial charge in [0.15, 0.2) is 0 Å². The molecule has 0 aliphatic carbocycles. The summed E-state index contributed by atoms with van der Waals surface area (Å²) in [5.41, 5.74) is 1.85. The van der Waals surface area contributed by atoms with Crippen molar-refractivity contribution in [1.29, 1.82) is 0 Å². The highest BCUT2D eigenvalue weighted by Gasteiger charge is 2.10. The molecule has 0 fully saturated rings. The van der Waals surface area contributed by atoms with Crippen molar-refractivity contribution in [1.82, 2.24) is 4.98 Å². The Kier molecular flexibility index (Phi) is 7.88. The molecule has 4 aromatic rings. The van der Waals surface area contributed by atoms with Crippen molar-refractivity contribution in [3.05, 3.63) is 88.0 Å². The van der Waals surface area contributed by atoms with Crippen LogP contribution in [0, 0.1) is 0 Å². The van der Waals surface area contributed by atoms with Crippen LogP contribution >= 0.6 is 11.3 Å². The van der Waals surface area contributed by atoms with Crippen LogP contribution in [0.25, 0.3) is 10.4 Å². The van der Waals surface area contributed by atoms with E-state index in [2.05, 4.69) is 11.9 Å². The number of thiazole rings is 1. The third kappa shape index (κ3) is 6.20. The van der Waals surface area contributed by atoms with E-state index in [4.69, 9.17) is 14.2 Å². The molecule has 1 heterocycles. The molecule has 0 radical (unpaired) electrons. The first-order chi connectivity index (χ1) is 16.6. The number of ether oxygens (including phenoxy) is 3. The quantitative estimate of drug-likeness (QED) is 0.244. The van der Waals surface area contributed by atoms with Crippen molar-refractivity contribution in [2.24, 2.45) is 0 Å². The highest BCUT2D eigenvalue weighted by atomic mass is 32.1. The SMILES string of the molecule is CCCc1cc(Oc2ccccc2)ccc1OCCCOc1cccc(-c2sc(=O)[nH]c2O)c1. The number of H-pyrrole nitrogens is 1. The first-order valence-electron chi connectivity index (χ1n) is 11.3. The standard InChI is InChI=1S/C27H27NO5S/c1-2-8-19-17-23(33-21-10-4-3-5-11-21)13-14-24(19)32-16-7-15-31-22-12-6-9-20(18-22)25-26(29)28-27(30)34-25/h3-6,9-14,17-18,29H,2,7-8,15-16H2,1H3,(H,28,30). The summed E-state index contributed by atoms with van der Waals surface area (Å²) in [5, 5.41) is 9.87. The van der Waals surface area contributed by atoms with Crippen LogP contribution in [0.15, 0.2) is 77.6 Å². The molecule has 1 aromatic heterocycles. The van der Waals surface area contributed by atoms with Gasteiger partial charge in [0.2, 0.25) is 5.88 Å². The Morgan fingerprint density at radius 3 is 2.44 bits per heavy atom. The van der Waals surface area contributed by atoms with Crippen LogP contribution in [0.5, 0.6) is 28.9 Å². The van der Waals surface area contributed by atoms with Crippen LogP contribution in [0.2, 0.25) is 0 Å². The van der Waals surface area contributed by atoms with Gasteiger partial charge in [0.25, 0.3) is 0 Å². The Labute approximate surface area is 202 Å². The Bertz CT molecular complexity index is 1270. The van der Waals surface area contributed by atoms with Crippen LogP contribution in [-0.2, 0) is 6.42 Å². The number of aromatic amines is 1. The summed E-state index contributed by atoms with van der Waals surface area (Å²) in [5.74, 6) is 3.02. The number of aryl methyl sites for hydroxylation is 1. The molecular formula is C27H27NO5S. The normalized spacial score (nSPS) is 10.7. The Balaban J connectivity index is 1.30. The molecular weight excluding hydrogens is 450 g/mol. The van der Waals surface area contributed by atoms with E-state index in [0.29, 0.717) is 30.3 Å². The second-order valence-electron chi connectivity index (χ2n) is 7.71. The summed E-state index contributed by atoms with van der Waals surface area (Å²) in [7, 11) is 0. The number of hydrogen-bond donors (Lipinski definition) is 2. The highest BCUT2D eigenvalue weighted by molar-refractivity contribution is 7.13. The molecule has 0 saturated carbocycles. The first-order valence-corrected chi connectivity index (χ1v) is 12.1. The number of para-hydroxylation sites is 1. The molecule has 0 atom stereocenters. The zero-order valence-corrected chi connectivity index (χ0v) is 19.8. The maximum atomic E-state index is 11.4. The molecule has 2 N–H and O–H groups in total. The van der Waals surface area contributed by atoms with Gasteiger partial charge in [-0.1, -0.05) is 55.0 Å². The van der Waals surface area contributed by atoms with Gasteiger partial charge in [0.05, 0.1) is 18.1 Å². The van der Waals surface area contributed by atoms with Gasteiger partial charge in [0, 0.05) is 12.0 Å². The lowest BCUT2D eigenvalue weighted by molar-refractivity contribution is 0.246. The average molecular weight is 478 g/mol. The fourth-order valence-corrected chi connectivity index (χ4v) is 4.25. The molecule has 0 spiro atoms. The molecule has 7 heteroatoms. The number of hydrogen-bond acceptors (Lipinski definition) is 6. The molecule has 0 aliphatic rings. The minimum absolute atomic E-state index is 0.122. The molecule has 6 nitrogen and oxygen atoms in total. The zero-order valence-electron chi connectivity index (χ0n) is 19.0. The Hall–Kier alpha value is -3.71. The van der Waals surface area contributed by atoms with E-state index in [1.807, 2.05) is 72.8 Å². The van der Waals surface area contributed by atoms with E-state index >= 15 is 0 Å². The van der Waals surface area contributed by atoms with Crippen molar-refractivity contribution in [3.8, 4) is 39.3 Å². The van der Waals surface area contributed by atoms with Gasteiger partial charge in [-0.25, -0.2) is 0 Å². The summed E-state index contributed by atoms with van der Waals surface area (Å²) < 4.78 is 17.8. The van der Waals surface area contributed by atoms with Crippen LogP contribution < -0.4 is 19.1 Å². The molecule has 4 rings (SSSR count). The Morgan fingerprint density at radius 2 is 1.68 bits per heavy atom. The predicted octanol–water partition coefficient (Wildman–Crippen LogP) is 6.40. The summed E-state index contributed by atoms with van der Waals surface area (Å²) in [4.78, 5) is 14.0. The monoisotopic (exact) mass is 477 g/mol. The number of nitrogens with one attached hydrogen (secondary N) is 1. The van der Waals surface area contributed by atoms with Gasteiger partial charge in [-0.2, -0.15) is 0 Å². The molecule has 0 aliphatic heterocycles. The van der Waals surface area contributed by atoms with E-state index < -0.39 is 0 Å². The number of aromatic nitrogens is 1. The summed E-state index contributed by atoms with van der Waals surface area (Å²) >= 11 is 0.967. The smallest absolute Gasteiger partial charge is 0.307 e. The van der Waals surface area contributed by atoms with Gasteiger partial charge in [0.1, 0.15) is 23.0 Å². The maximum Gasteiger partial charge on any atom is 0.307 e. The van der Waals surface area contributed by atoms with Crippen molar-refractivity contribution in [3.63, 3.8) is 0 Å². The molecule has 0 saturated heterocycles. The van der Waals surface area contributed by atoms with Gasteiger partial charge in [-0.3, -0.25) is 9.78 Å². The van der Waals surface area contributed by atoms with Crippen molar-refractivity contribution in [2.45, 2.75) is 26.2 Å². The first kappa shape index (κ1) is 23.4. The van der Waals surface area contributed by atoms with E-state index in [1.54, 1.807) is 0 Å². The topological polar surface area (TPSA) is 80.8 Å². The lowest BCUT2D eigenvalue weighted by atomic mass is 10.1. The van der Waals surface area contributed by atoms with Crippen molar-refractivity contribution in [2.75, 3.05) is 13.2 Å². The third-order valence-electron chi connectivity index (χ3n) is 5.07. The lowest BCUT2D eigenvalue weighted by Crippen LogP contribution is -2.06. The van der Waals surface area contributed by atoms with E-state index in [9.17, 15) is 9.90 Å². The average Bonchev–Trinajstić information content (AvgIpc) is 3.19.